The number of thioether (sulfide) groups is 1. The third-order valence-corrected chi connectivity index (χ3v) is 5.56. The Labute approximate surface area is 184 Å². The highest BCUT2D eigenvalue weighted by molar-refractivity contribution is 7.99. The summed E-state index contributed by atoms with van der Waals surface area (Å²) in [5.74, 6) is 0.0249. The summed E-state index contributed by atoms with van der Waals surface area (Å²) in [5, 5.41) is 0.681. The van der Waals surface area contributed by atoms with Crippen LogP contribution in [0.15, 0.2) is 45.3 Å². The molecule has 1 amide bonds. The lowest BCUT2D eigenvalue weighted by molar-refractivity contribution is -0.116. The first-order chi connectivity index (χ1) is 14.7. The first-order valence-electron chi connectivity index (χ1n) is 10.2. The molecule has 3 heterocycles. The zero-order chi connectivity index (χ0) is 22.7. The quantitative estimate of drug-likeness (QED) is 0.514. The van der Waals surface area contributed by atoms with Crippen molar-refractivity contribution in [3.63, 3.8) is 0 Å². The second kappa shape index (κ2) is 9.42. The number of carbonyl (C=O) groups excluding carboxylic acids is 1. The van der Waals surface area contributed by atoms with Gasteiger partial charge in [0.1, 0.15) is 5.82 Å². The molecule has 166 valence electrons. The van der Waals surface area contributed by atoms with Crippen molar-refractivity contribution in [2.24, 2.45) is 11.8 Å². The van der Waals surface area contributed by atoms with E-state index in [-0.39, 0.29) is 35.0 Å². The SMILES string of the molecule is CC(C)CN(C(=O)CSc1ncc2ccccn12)c1c(N)n(CC(C)C)c(=O)[nH]c1=O. The average molecular weight is 445 g/mol. The second-order valence-corrected chi connectivity index (χ2v) is 9.16. The van der Waals surface area contributed by atoms with Crippen LogP contribution in [0.5, 0.6) is 0 Å². The van der Waals surface area contributed by atoms with Crippen LogP contribution in [0.2, 0.25) is 0 Å². The van der Waals surface area contributed by atoms with E-state index >= 15 is 0 Å². The Hall–Kier alpha value is -3.01. The Morgan fingerprint density at radius 2 is 1.97 bits per heavy atom. The lowest BCUT2D eigenvalue weighted by Crippen LogP contribution is -2.43. The normalized spacial score (nSPS) is 11.5. The molecule has 0 fully saturated rings. The van der Waals surface area contributed by atoms with E-state index < -0.39 is 11.2 Å². The Kier molecular flexibility index (Phi) is 6.89. The maximum Gasteiger partial charge on any atom is 0.330 e. The smallest absolute Gasteiger partial charge is 0.330 e. The van der Waals surface area contributed by atoms with Gasteiger partial charge >= 0.3 is 5.69 Å². The van der Waals surface area contributed by atoms with E-state index in [1.807, 2.05) is 56.5 Å². The summed E-state index contributed by atoms with van der Waals surface area (Å²) < 4.78 is 3.21. The molecule has 3 N–H and O–H groups in total. The van der Waals surface area contributed by atoms with Crippen LogP contribution in [0.3, 0.4) is 0 Å². The number of anilines is 2. The molecule has 3 aromatic heterocycles. The van der Waals surface area contributed by atoms with Crippen LogP contribution in [-0.2, 0) is 11.3 Å². The van der Waals surface area contributed by atoms with Crippen molar-refractivity contribution in [1.29, 1.82) is 0 Å². The molecule has 31 heavy (non-hydrogen) atoms. The number of pyridine rings is 1. The minimum absolute atomic E-state index is 0.00714. The third-order valence-electron chi connectivity index (χ3n) is 4.61. The molecular formula is C21H28N6O3S. The summed E-state index contributed by atoms with van der Waals surface area (Å²) in [6.07, 6.45) is 3.62. The number of nitrogen functional groups attached to an aromatic ring is 1. The van der Waals surface area contributed by atoms with Gasteiger partial charge in [-0.15, -0.1) is 0 Å². The summed E-state index contributed by atoms with van der Waals surface area (Å²) in [5.41, 5.74) is 5.95. The van der Waals surface area contributed by atoms with Gasteiger partial charge in [-0.05, 0) is 24.0 Å². The number of imidazole rings is 1. The number of aromatic nitrogens is 4. The zero-order valence-electron chi connectivity index (χ0n) is 18.2. The van der Waals surface area contributed by atoms with Crippen LogP contribution < -0.4 is 21.9 Å². The van der Waals surface area contributed by atoms with E-state index in [0.29, 0.717) is 18.2 Å². The predicted molar refractivity (Wildman–Crippen MR) is 124 cm³/mol. The lowest BCUT2D eigenvalue weighted by Gasteiger charge is -2.26. The number of aromatic amines is 1. The van der Waals surface area contributed by atoms with Crippen LogP contribution in [0.4, 0.5) is 11.5 Å². The largest absolute Gasteiger partial charge is 0.383 e. The molecule has 3 aromatic rings. The van der Waals surface area contributed by atoms with Crippen molar-refractivity contribution in [2.75, 3.05) is 22.9 Å². The molecule has 0 aromatic carbocycles. The van der Waals surface area contributed by atoms with Gasteiger partial charge in [-0.3, -0.25) is 23.5 Å². The fourth-order valence-electron chi connectivity index (χ4n) is 3.30. The van der Waals surface area contributed by atoms with Crippen LogP contribution in [0.25, 0.3) is 5.52 Å². The van der Waals surface area contributed by atoms with Crippen molar-refractivity contribution in [1.82, 2.24) is 18.9 Å². The van der Waals surface area contributed by atoms with Gasteiger partial charge in [0.05, 0.1) is 17.5 Å². The lowest BCUT2D eigenvalue weighted by atomic mass is 10.2. The van der Waals surface area contributed by atoms with E-state index in [2.05, 4.69) is 9.97 Å². The average Bonchev–Trinajstić information content (AvgIpc) is 3.11. The molecule has 0 radical (unpaired) electrons. The first-order valence-corrected chi connectivity index (χ1v) is 11.2. The molecule has 0 bridgehead atoms. The number of amides is 1. The summed E-state index contributed by atoms with van der Waals surface area (Å²) in [6.45, 7) is 8.42. The summed E-state index contributed by atoms with van der Waals surface area (Å²) in [7, 11) is 0. The van der Waals surface area contributed by atoms with Crippen molar-refractivity contribution < 1.29 is 4.79 Å². The molecule has 0 atom stereocenters. The fourth-order valence-corrected chi connectivity index (χ4v) is 4.14. The molecule has 10 heteroatoms. The maximum absolute atomic E-state index is 13.2. The minimum Gasteiger partial charge on any atom is -0.383 e. The molecule has 0 aliphatic carbocycles. The van der Waals surface area contributed by atoms with Gasteiger partial charge in [0.15, 0.2) is 10.8 Å². The highest BCUT2D eigenvalue weighted by atomic mass is 32.2. The van der Waals surface area contributed by atoms with Gasteiger partial charge in [-0.2, -0.15) is 0 Å². The summed E-state index contributed by atoms with van der Waals surface area (Å²) >= 11 is 1.28. The number of hydrogen-bond donors (Lipinski definition) is 2. The highest BCUT2D eigenvalue weighted by Crippen LogP contribution is 2.23. The standard InChI is InChI=1S/C21H28N6O3S/c1-13(2)10-26(17-18(22)27(11-14(3)4)20(30)24-19(17)29)16(28)12-31-21-23-9-15-7-5-6-8-25(15)21/h5-9,13-14H,10-12,22H2,1-4H3,(H,24,29,30). The van der Waals surface area contributed by atoms with Gasteiger partial charge in [0.25, 0.3) is 5.56 Å². The molecule has 3 rings (SSSR count). The first kappa shape index (κ1) is 22.7. The molecule has 0 aliphatic rings. The van der Waals surface area contributed by atoms with Crippen molar-refractivity contribution in [2.45, 2.75) is 39.4 Å². The molecule has 9 nitrogen and oxygen atoms in total. The zero-order valence-corrected chi connectivity index (χ0v) is 19.0. The topological polar surface area (TPSA) is 118 Å². The van der Waals surface area contributed by atoms with E-state index in [0.717, 1.165) is 5.52 Å². The van der Waals surface area contributed by atoms with E-state index in [9.17, 15) is 14.4 Å². The van der Waals surface area contributed by atoms with Gasteiger partial charge in [0.2, 0.25) is 5.91 Å². The number of fused-ring (bicyclic) bond motifs is 1. The van der Waals surface area contributed by atoms with Crippen LogP contribution in [0, 0.1) is 11.8 Å². The van der Waals surface area contributed by atoms with Crippen LogP contribution >= 0.6 is 11.8 Å². The Balaban J connectivity index is 1.93. The fraction of sp³-hybridized carbons (Fsp3) is 0.429. The Morgan fingerprint density at radius 3 is 2.65 bits per heavy atom. The molecule has 0 saturated heterocycles. The molecule has 0 unspecified atom stereocenters. The number of nitrogens with two attached hydrogens (primary N) is 1. The maximum atomic E-state index is 13.2. The molecule has 0 saturated carbocycles. The van der Waals surface area contributed by atoms with Crippen molar-refractivity contribution in [3.8, 4) is 0 Å². The van der Waals surface area contributed by atoms with E-state index in [1.165, 1.54) is 21.2 Å². The number of nitrogens with zero attached hydrogens (tertiary/aromatic N) is 4. The van der Waals surface area contributed by atoms with Crippen LogP contribution in [0.1, 0.15) is 27.7 Å². The molecule has 0 aliphatic heterocycles. The molecule has 0 spiro atoms. The van der Waals surface area contributed by atoms with Gasteiger partial charge in [-0.25, -0.2) is 9.78 Å². The Bertz CT molecular complexity index is 1190. The highest BCUT2D eigenvalue weighted by Gasteiger charge is 2.25. The molecular weight excluding hydrogens is 416 g/mol. The summed E-state index contributed by atoms with van der Waals surface area (Å²) in [4.78, 5) is 46.2. The third kappa shape index (κ3) is 5.01. The van der Waals surface area contributed by atoms with E-state index in [1.54, 1.807) is 6.20 Å². The summed E-state index contributed by atoms with van der Waals surface area (Å²) in [6, 6.07) is 5.74. The van der Waals surface area contributed by atoms with Crippen molar-refractivity contribution >= 4 is 34.7 Å². The number of nitrogens with one attached hydrogen (secondary N) is 1. The number of rotatable bonds is 8. The monoisotopic (exact) mass is 444 g/mol. The number of carbonyl (C=O) groups is 1. The van der Waals surface area contributed by atoms with Gasteiger partial charge in [0, 0.05) is 19.3 Å². The Morgan fingerprint density at radius 1 is 1.23 bits per heavy atom. The minimum atomic E-state index is -0.659. The number of hydrogen-bond acceptors (Lipinski definition) is 6. The van der Waals surface area contributed by atoms with Crippen molar-refractivity contribution in [3.05, 3.63) is 51.4 Å². The van der Waals surface area contributed by atoms with E-state index in [4.69, 9.17) is 5.73 Å². The predicted octanol–water partition coefficient (Wildman–Crippen LogP) is 2.20. The van der Waals surface area contributed by atoms with Crippen LogP contribution in [-0.4, -0.2) is 37.1 Å². The number of H-pyrrole nitrogens is 1. The van der Waals surface area contributed by atoms with Gasteiger partial charge < -0.3 is 10.6 Å². The second-order valence-electron chi connectivity index (χ2n) is 8.22. The van der Waals surface area contributed by atoms with Gasteiger partial charge in [-0.1, -0.05) is 45.5 Å².